The predicted molar refractivity (Wildman–Crippen MR) is 75.1 cm³/mol. The second-order valence-corrected chi connectivity index (χ2v) is 5.87. The van der Waals surface area contributed by atoms with Crippen LogP contribution in [0.4, 0.5) is 0 Å². The van der Waals surface area contributed by atoms with Gasteiger partial charge in [-0.1, -0.05) is 17.8 Å². The van der Waals surface area contributed by atoms with E-state index in [4.69, 9.17) is 4.74 Å². The fraction of sp³-hybridized carbons (Fsp3) is 0.500. The van der Waals surface area contributed by atoms with Crippen molar-refractivity contribution in [2.75, 3.05) is 12.4 Å². The molecule has 1 fully saturated rings. The van der Waals surface area contributed by atoms with Crippen molar-refractivity contribution in [2.45, 2.75) is 37.4 Å². The quantitative estimate of drug-likeness (QED) is 0.860. The predicted octanol–water partition coefficient (Wildman–Crippen LogP) is 3.53. The molecule has 1 atom stereocenters. The summed E-state index contributed by atoms with van der Waals surface area (Å²) in [7, 11) is 0. The third kappa shape index (κ3) is 2.70. The Bertz CT molecular complexity index is 532. The van der Waals surface area contributed by atoms with E-state index in [1.807, 2.05) is 0 Å². The van der Waals surface area contributed by atoms with E-state index in [0.717, 1.165) is 28.5 Å². The Hall–Kier alpha value is -1.00. The molecule has 1 N–H and O–H groups in total. The summed E-state index contributed by atoms with van der Waals surface area (Å²) in [5.74, 6) is 0.999. The number of rotatable bonds is 3. The maximum atomic E-state index is 5.73. The smallest absolute Gasteiger partial charge is 0.166 e. The topological polar surface area (TPSA) is 37.9 Å². The van der Waals surface area contributed by atoms with E-state index < -0.39 is 0 Å². The first kappa shape index (κ1) is 12.1. The molecule has 1 aliphatic heterocycles. The van der Waals surface area contributed by atoms with Crippen molar-refractivity contribution in [3.8, 4) is 0 Å². The maximum Gasteiger partial charge on any atom is 0.166 e. The van der Waals surface area contributed by atoms with Crippen LogP contribution in [0.1, 0.15) is 24.8 Å². The van der Waals surface area contributed by atoms with Crippen molar-refractivity contribution < 1.29 is 4.74 Å². The summed E-state index contributed by atoms with van der Waals surface area (Å²) in [4.78, 5) is 7.96. The molecule has 1 aromatic heterocycles. The zero-order chi connectivity index (χ0) is 12.4. The van der Waals surface area contributed by atoms with E-state index in [1.165, 1.54) is 24.8 Å². The number of hydrogen-bond acceptors (Lipinski definition) is 3. The number of hydrogen-bond donors (Lipinski definition) is 1. The highest BCUT2D eigenvalue weighted by molar-refractivity contribution is 7.99. The average molecular weight is 262 g/mol. The number of fused-ring (bicyclic) bond motifs is 1. The summed E-state index contributed by atoms with van der Waals surface area (Å²) in [6.45, 7) is 3.02. The molecule has 18 heavy (non-hydrogen) atoms. The summed E-state index contributed by atoms with van der Waals surface area (Å²) < 4.78 is 5.73. The van der Waals surface area contributed by atoms with E-state index in [0.29, 0.717) is 6.10 Å². The van der Waals surface area contributed by atoms with Crippen molar-refractivity contribution in [2.24, 2.45) is 0 Å². The Morgan fingerprint density at radius 3 is 3.22 bits per heavy atom. The van der Waals surface area contributed by atoms with Gasteiger partial charge >= 0.3 is 0 Å². The number of aromatic amines is 1. The molecule has 2 aromatic rings. The molecule has 0 saturated carbocycles. The minimum Gasteiger partial charge on any atom is -0.377 e. The van der Waals surface area contributed by atoms with E-state index >= 15 is 0 Å². The van der Waals surface area contributed by atoms with Crippen LogP contribution in [0, 0.1) is 6.92 Å². The highest BCUT2D eigenvalue weighted by Gasteiger charge is 2.15. The minimum absolute atomic E-state index is 0.402. The SMILES string of the molecule is Cc1ccc2nc(SC[C@@H]3CCCCO3)[nH]c2c1. The zero-order valence-electron chi connectivity index (χ0n) is 10.6. The standard InChI is InChI=1S/C14H18N2OS/c1-10-5-6-12-13(8-10)16-14(15-12)18-9-11-4-2-3-7-17-11/h5-6,8,11H,2-4,7,9H2,1H3,(H,15,16)/t11-/m0/s1. The first-order valence-electron chi connectivity index (χ1n) is 6.52. The van der Waals surface area contributed by atoms with Crippen molar-refractivity contribution in [3.63, 3.8) is 0 Å². The molecule has 0 aliphatic carbocycles. The molecule has 0 radical (unpaired) electrons. The van der Waals surface area contributed by atoms with Crippen LogP contribution in [0.25, 0.3) is 11.0 Å². The van der Waals surface area contributed by atoms with Crippen molar-refractivity contribution >= 4 is 22.8 Å². The van der Waals surface area contributed by atoms with Gasteiger partial charge in [-0.25, -0.2) is 4.98 Å². The molecule has 3 rings (SSSR count). The second-order valence-electron chi connectivity index (χ2n) is 4.86. The van der Waals surface area contributed by atoms with Gasteiger partial charge in [-0.2, -0.15) is 0 Å². The highest BCUT2D eigenvalue weighted by Crippen LogP contribution is 2.24. The van der Waals surface area contributed by atoms with Gasteiger partial charge in [-0.15, -0.1) is 0 Å². The molecule has 3 nitrogen and oxygen atoms in total. The van der Waals surface area contributed by atoms with Crippen LogP contribution in [-0.2, 0) is 4.74 Å². The van der Waals surface area contributed by atoms with Crippen LogP contribution in [0.2, 0.25) is 0 Å². The Labute approximate surface area is 111 Å². The van der Waals surface area contributed by atoms with Gasteiger partial charge in [-0.05, 0) is 43.9 Å². The normalized spacial score (nSPS) is 20.4. The molecule has 1 aliphatic rings. The van der Waals surface area contributed by atoms with E-state index in [1.54, 1.807) is 11.8 Å². The lowest BCUT2D eigenvalue weighted by Gasteiger charge is -2.21. The van der Waals surface area contributed by atoms with Gasteiger partial charge < -0.3 is 9.72 Å². The fourth-order valence-corrected chi connectivity index (χ4v) is 3.23. The van der Waals surface area contributed by atoms with E-state index in [2.05, 4.69) is 35.1 Å². The number of nitrogens with zero attached hydrogens (tertiary/aromatic N) is 1. The van der Waals surface area contributed by atoms with Crippen LogP contribution in [0.15, 0.2) is 23.4 Å². The Morgan fingerprint density at radius 2 is 2.39 bits per heavy atom. The molecule has 0 spiro atoms. The van der Waals surface area contributed by atoms with Crippen molar-refractivity contribution in [1.29, 1.82) is 0 Å². The van der Waals surface area contributed by atoms with Gasteiger partial charge in [0.05, 0.1) is 17.1 Å². The number of thioether (sulfide) groups is 1. The Kier molecular flexibility index (Phi) is 3.57. The number of imidazole rings is 1. The summed E-state index contributed by atoms with van der Waals surface area (Å²) in [6, 6.07) is 6.31. The monoisotopic (exact) mass is 262 g/mol. The molecule has 96 valence electrons. The number of nitrogens with one attached hydrogen (secondary N) is 1. The maximum absolute atomic E-state index is 5.73. The number of ether oxygens (including phenoxy) is 1. The molecule has 1 aromatic carbocycles. The third-order valence-electron chi connectivity index (χ3n) is 3.30. The zero-order valence-corrected chi connectivity index (χ0v) is 11.4. The average Bonchev–Trinajstić information content (AvgIpc) is 2.79. The lowest BCUT2D eigenvalue weighted by Crippen LogP contribution is -2.21. The van der Waals surface area contributed by atoms with Crippen LogP contribution < -0.4 is 0 Å². The van der Waals surface area contributed by atoms with Gasteiger partial charge in [-0.3, -0.25) is 0 Å². The van der Waals surface area contributed by atoms with Crippen molar-refractivity contribution in [1.82, 2.24) is 9.97 Å². The van der Waals surface area contributed by atoms with Gasteiger partial charge in [0, 0.05) is 12.4 Å². The van der Waals surface area contributed by atoms with Gasteiger partial charge in [0.2, 0.25) is 0 Å². The fourth-order valence-electron chi connectivity index (χ4n) is 2.28. The molecule has 0 amide bonds. The molecule has 1 saturated heterocycles. The molecule has 0 unspecified atom stereocenters. The molecule has 4 heteroatoms. The number of H-pyrrole nitrogens is 1. The number of aryl methyl sites for hydroxylation is 1. The Balaban J connectivity index is 1.67. The summed E-state index contributed by atoms with van der Waals surface area (Å²) in [5, 5.41) is 1.00. The van der Waals surface area contributed by atoms with Crippen LogP contribution in [0.3, 0.4) is 0 Å². The van der Waals surface area contributed by atoms with Crippen molar-refractivity contribution in [3.05, 3.63) is 23.8 Å². The first-order valence-corrected chi connectivity index (χ1v) is 7.50. The number of aromatic nitrogens is 2. The minimum atomic E-state index is 0.402. The molecule has 2 heterocycles. The second kappa shape index (κ2) is 5.33. The summed E-state index contributed by atoms with van der Waals surface area (Å²) in [6.07, 6.45) is 4.10. The summed E-state index contributed by atoms with van der Waals surface area (Å²) >= 11 is 1.77. The molecular formula is C14H18N2OS. The van der Waals surface area contributed by atoms with Gasteiger partial charge in [0.25, 0.3) is 0 Å². The lowest BCUT2D eigenvalue weighted by molar-refractivity contribution is 0.0315. The highest BCUT2D eigenvalue weighted by atomic mass is 32.2. The van der Waals surface area contributed by atoms with Gasteiger partial charge in [0.15, 0.2) is 5.16 Å². The van der Waals surface area contributed by atoms with E-state index in [-0.39, 0.29) is 0 Å². The van der Waals surface area contributed by atoms with Crippen LogP contribution >= 0.6 is 11.8 Å². The molecular weight excluding hydrogens is 244 g/mol. The third-order valence-corrected chi connectivity index (χ3v) is 4.30. The molecule has 0 bridgehead atoms. The van der Waals surface area contributed by atoms with E-state index in [9.17, 15) is 0 Å². The van der Waals surface area contributed by atoms with Crippen LogP contribution in [0.5, 0.6) is 0 Å². The van der Waals surface area contributed by atoms with Gasteiger partial charge in [0.1, 0.15) is 0 Å². The summed E-state index contributed by atoms with van der Waals surface area (Å²) in [5.41, 5.74) is 3.44. The van der Waals surface area contributed by atoms with Crippen LogP contribution in [-0.4, -0.2) is 28.4 Å². The number of benzene rings is 1. The largest absolute Gasteiger partial charge is 0.377 e. The Morgan fingerprint density at radius 1 is 1.44 bits per heavy atom. The first-order chi connectivity index (χ1) is 8.81. The lowest BCUT2D eigenvalue weighted by atomic mass is 10.1.